The first-order chi connectivity index (χ1) is 10.9. The third-order valence-electron chi connectivity index (χ3n) is 4.17. The molecule has 1 atom stereocenters. The minimum atomic E-state index is -4.01. The van der Waals surface area contributed by atoms with Gasteiger partial charge in [-0.05, 0) is 37.0 Å². The van der Waals surface area contributed by atoms with Gasteiger partial charge in [-0.15, -0.1) is 12.4 Å². The van der Waals surface area contributed by atoms with E-state index < -0.39 is 27.9 Å². The van der Waals surface area contributed by atoms with E-state index in [1.807, 2.05) is 0 Å². The summed E-state index contributed by atoms with van der Waals surface area (Å²) in [6.45, 7) is 0.165. The minimum absolute atomic E-state index is 0. The Labute approximate surface area is 147 Å². The summed E-state index contributed by atoms with van der Waals surface area (Å²) in [5.41, 5.74) is 5.38. The van der Waals surface area contributed by atoms with Crippen molar-refractivity contribution in [1.82, 2.24) is 4.72 Å². The van der Waals surface area contributed by atoms with Gasteiger partial charge in [0.05, 0.1) is 17.6 Å². The lowest BCUT2D eigenvalue weighted by Crippen LogP contribution is -2.44. The van der Waals surface area contributed by atoms with Gasteiger partial charge in [-0.3, -0.25) is 0 Å². The number of carbonyl (C=O) groups excluding carboxylic acids is 1. The molecule has 0 radical (unpaired) electrons. The Morgan fingerprint density at radius 1 is 1.42 bits per heavy atom. The number of nitrogens with one attached hydrogen (secondary N) is 1. The molecule has 2 rings (SSSR count). The van der Waals surface area contributed by atoms with E-state index in [0.29, 0.717) is 0 Å². The zero-order valence-corrected chi connectivity index (χ0v) is 15.0. The van der Waals surface area contributed by atoms with Crippen molar-refractivity contribution in [3.8, 4) is 0 Å². The molecule has 1 aliphatic rings. The molecule has 1 aromatic rings. The summed E-state index contributed by atoms with van der Waals surface area (Å²) >= 11 is 0. The second-order valence-electron chi connectivity index (χ2n) is 5.64. The molecule has 136 valence electrons. The fourth-order valence-electron chi connectivity index (χ4n) is 2.97. The molecule has 9 heteroatoms. The zero-order chi connectivity index (χ0) is 17.0. The van der Waals surface area contributed by atoms with Crippen molar-refractivity contribution in [2.24, 2.45) is 11.7 Å². The maximum Gasteiger partial charge on any atom is 0.339 e. The Hall–Kier alpha value is -1.22. The van der Waals surface area contributed by atoms with Crippen LogP contribution in [0.3, 0.4) is 0 Å². The van der Waals surface area contributed by atoms with E-state index in [1.165, 1.54) is 0 Å². The lowest BCUT2D eigenvalue weighted by Gasteiger charge is -2.23. The number of hydrogen-bond acceptors (Lipinski definition) is 5. The molecule has 1 saturated carbocycles. The van der Waals surface area contributed by atoms with Crippen molar-refractivity contribution in [2.75, 3.05) is 13.7 Å². The first-order valence-electron chi connectivity index (χ1n) is 7.49. The molecule has 0 aliphatic heterocycles. The first kappa shape index (κ1) is 20.8. The van der Waals surface area contributed by atoms with Gasteiger partial charge < -0.3 is 10.5 Å². The molecule has 0 heterocycles. The van der Waals surface area contributed by atoms with E-state index in [9.17, 15) is 17.6 Å². The standard InChI is InChI=1S/C15H21FN2O4S.ClH/c1-22-15(19)12-8-11(16)6-7-14(12)23(20,21)18-13(9-17)10-4-2-3-5-10;/h6-8,10,13,18H,2-5,9,17H2,1H3;1H. The average molecular weight is 381 g/mol. The first-order valence-corrected chi connectivity index (χ1v) is 8.97. The van der Waals surface area contributed by atoms with Crippen LogP contribution in [0.1, 0.15) is 36.0 Å². The van der Waals surface area contributed by atoms with Gasteiger partial charge in [0.15, 0.2) is 0 Å². The highest BCUT2D eigenvalue weighted by Gasteiger charge is 2.30. The maximum atomic E-state index is 13.4. The number of rotatable bonds is 6. The molecule has 6 nitrogen and oxygen atoms in total. The Balaban J connectivity index is 0.00000288. The highest BCUT2D eigenvalue weighted by molar-refractivity contribution is 7.89. The van der Waals surface area contributed by atoms with Crippen LogP contribution >= 0.6 is 12.4 Å². The van der Waals surface area contributed by atoms with E-state index in [0.717, 1.165) is 51.0 Å². The van der Waals surface area contributed by atoms with Crippen LogP contribution in [-0.4, -0.2) is 34.1 Å². The number of methoxy groups -OCH3 is 1. The highest BCUT2D eigenvalue weighted by atomic mass is 35.5. The fraction of sp³-hybridized carbons (Fsp3) is 0.533. The number of nitrogens with two attached hydrogens (primary N) is 1. The van der Waals surface area contributed by atoms with E-state index in [-0.39, 0.29) is 35.3 Å². The Kier molecular flexibility index (Phi) is 7.59. The molecular weight excluding hydrogens is 359 g/mol. The van der Waals surface area contributed by atoms with Crippen molar-refractivity contribution in [3.05, 3.63) is 29.6 Å². The Morgan fingerprint density at radius 2 is 2.04 bits per heavy atom. The normalized spacial score (nSPS) is 16.5. The van der Waals surface area contributed by atoms with Gasteiger partial charge >= 0.3 is 5.97 Å². The predicted octanol–water partition coefficient (Wildman–Crippen LogP) is 1.83. The van der Waals surface area contributed by atoms with E-state index in [4.69, 9.17) is 5.73 Å². The molecule has 0 bridgehead atoms. The summed E-state index contributed by atoms with van der Waals surface area (Å²) in [6.07, 6.45) is 3.93. The molecule has 1 unspecified atom stereocenters. The van der Waals surface area contributed by atoms with Crippen LogP contribution < -0.4 is 10.5 Å². The van der Waals surface area contributed by atoms with Gasteiger partial charge in [-0.2, -0.15) is 0 Å². The van der Waals surface area contributed by atoms with Gasteiger partial charge in [0.25, 0.3) is 0 Å². The van der Waals surface area contributed by atoms with E-state index >= 15 is 0 Å². The summed E-state index contributed by atoms with van der Waals surface area (Å²) in [7, 11) is -2.90. The number of esters is 1. The lowest BCUT2D eigenvalue weighted by atomic mass is 9.99. The van der Waals surface area contributed by atoms with Crippen LogP contribution in [0, 0.1) is 11.7 Å². The second-order valence-corrected chi connectivity index (χ2v) is 7.32. The third-order valence-corrected chi connectivity index (χ3v) is 5.71. The Bertz CT molecular complexity index is 678. The second kappa shape index (κ2) is 8.75. The quantitative estimate of drug-likeness (QED) is 0.733. The molecule has 0 aromatic heterocycles. The molecule has 0 saturated heterocycles. The maximum absolute atomic E-state index is 13.4. The molecule has 0 spiro atoms. The average Bonchev–Trinajstić information content (AvgIpc) is 3.05. The molecule has 0 amide bonds. The smallest absolute Gasteiger partial charge is 0.339 e. The van der Waals surface area contributed by atoms with Gasteiger partial charge in [-0.25, -0.2) is 22.3 Å². The Morgan fingerprint density at radius 3 is 2.58 bits per heavy atom. The van der Waals surface area contributed by atoms with Crippen LogP contribution in [0.4, 0.5) is 4.39 Å². The summed E-state index contributed by atoms with van der Waals surface area (Å²) < 4.78 is 45.7. The van der Waals surface area contributed by atoms with Crippen molar-refractivity contribution in [3.63, 3.8) is 0 Å². The molecule has 3 N–H and O–H groups in total. The van der Waals surface area contributed by atoms with Crippen molar-refractivity contribution >= 4 is 28.4 Å². The van der Waals surface area contributed by atoms with Crippen molar-refractivity contribution in [2.45, 2.75) is 36.6 Å². The van der Waals surface area contributed by atoms with Crippen LogP contribution in [0.15, 0.2) is 23.1 Å². The third kappa shape index (κ3) is 4.66. The van der Waals surface area contributed by atoms with Crippen LogP contribution in [-0.2, 0) is 14.8 Å². The molecular formula is C15H22ClFN2O4S. The fourth-order valence-corrected chi connectivity index (χ4v) is 4.46. The van der Waals surface area contributed by atoms with Crippen LogP contribution in [0.25, 0.3) is 0 Å². The minimum Gasteiger partial charge on any atom is -0.465 e. The van der Waals surface area contributed by atoms with Gasteiger partial charge in [0.2, 0.25) is 10.0 Å². The summed E-state index contributed by atoms with van der Waals surface area (Å²) in [5.74, 6) is -1.44. The largest absolute Gasteiger partial charge is 0.465 e. The number of sulfonamides is 1. The monoisotopic (exact) mass is 380 g/mol. The number of ether oxygens (including phenoxy) is 1. The summed E-state index contributed by atoms with van der Waals surface area (Å²) in [5, 5.41) is 0. The molecule has 1 aliphatic carbocycles. The van der Waals surface area contributed by atoms with Gasteiger partial charge in [0.1, 0.15) is 5.82 Å². The van der Waals surface area contributed by atoms with E-state index in [2.05, 4.69) is 9.46 Å². The zero-order valence-electron chi connectivity index (χ0n) is 13.3. The van der Waals surface area contributed by atoms with Crippen molar-refractivity contribution < 1.29 is 22.3 Å². The van der Waals surface area contributed by atoms with Crippen LogP contribution in [0.2, 0.25) is 0 Å². The lowest BCUT2D eigenvalue weighted by molar-refractivity contribution is 0.0595. The topological polar surface area (TPSA) is 98.5 Å². The van der Waals surface area contributed by atoms with Gasteiger partial charge in [0, 0.05) is 12.6 Å². The number of benzene rings is 1. The van der Waals surface area contributed by atoms with E-state index in [1.54, 1.807) is 0 Å². The predicted molar refractivity (Wildman–Crippen MR) is 90.1 cm³/mol. The SMILES string of the molecule is COC(=O)c1cc(F)ccc1S(=O)(=O)NC(CN)C1CCCC1.Cl. The van der Waals surface area contributed by atoms with Gasteiger partial charge in [-0.1, -0.05) is 12.8 Å². The number of hydrogen-bond donors (Lipinski definition) is 2. The van der Waals surface area contributed by atoms with Crippen molar-refractivity contribution in [1.29, 1.82) is 0 Å². The molecule has 24 heavy (non-hydrogen) atoms. The molecule has 1 aromatic carbocycles. The molecule has 1 fully saturated rings. The van der Waals surface area contributed by atoms with Crippen LogP contribution in [0.5, 0.6) is 0 Å². The summed E-state index contributed by atoms with van der Waals surface area (Å²) in [6, 6.07) is 2.51. The highest BCUT2D eigenvalue weighted by Crippen LogP contribution is 2.28. The summed E-state index contributed by atoms with van der Waals surface area (Å²) in [4.78, 5) is 11.4. The number of carbonyl (C=O) groups is 1. The number of halogens is 2.